The Kier molecular flexibility index (Phi) is 4.09. The summed E-state index contributed by atoms with van der Waals surface area (Å²) in [6, 6.07) is 3.80. The Labute approximate surface area is 83.6 Å². The number of nitrogens with zero attached hydrogens (tertiary/aromatic N) is 1. The van der Waals surface area contributed by atoms with Crippen LogP contribution in [0.1, 0.15) is 21.0 Å². The number of hydrogen-bond acceptors (Lipinski definition) is 3. The molecule has 1 aromatic heterocycles. The van der Waals surface area contributed by atoms with Crippen LogP contribution in [-0.2, 0) is 16.8 Å². The van der Waals surface area contributed by atoms with Gasteiger partial charge in [0.25, 0.3) is 0 Å². The molecule has 1 aromatic rings. The van der Waals surface area contributed by atoms with Gasteiger partial charge in [-0.1, -0.05) is 6.07 Å². The second-order valence-corrected chi connectivity index (χ2v) is 2.02. The summed E-state index contributed by atoms with van der Waals surface area (Å²) < 4.78 is 0. The Hall–Kier alpha value is -1.40. The van der Waals surface area contributed by atoms with Crippen LogP contribution in [0.3, 0.4) is 0 Å². The van der Waals surface area contributed by atoms with E-state index in [4.69, 9.17) is 10.2 Å². The maximum atomic E-state index is 10.3. The van der Waals surface area contributed by atoms with Gasteiger partial charge in [0, 0.05) is 16.8 Å². The maximum Gasteiger partial charge on any atom is 0.354 e. The summed E-state index contributed by atoms with van der Waals surface area (Å²) in [5, 5.41) is 16.9. The van der Waals surface area contributed by atoms with Gasteiger partial charge in [0.05, 0.1) is 0 Å². The molecular weight excluding hydrogens is 221 g/mol. The topological polar surface area (TPSA) is 87.5 Å². The smallest absolute Gasteiger partial charge is 0.354 e. The van der Waals surface area contributed by atoms with Gasteiger partial charge < -0.3 is 10.2 Å². The molecule has 0 unspecified atom stereocenters. The molecule has 1 radical (unpaired) electrons. The number of pyridine rings is 1. The molecule has 0 aliphatic heterocycles. The fourth-order valence-electron chi connectivity index (χ4n) is 0.673. The van der Waals surface area contributed by atoms with Crippen LogP contribution < -0.4 is 0 Å². The summed E-state index contributed by atoms with van der Waals surface area (Å²) in [5.74, 6) is -2.48. The molecule has 0 amide bonds. The van der Waals surface area contributed by atoms with E-state index in [0.717, 1.165) is 0 Å². The summed E-state index contributed by atoms with van der Waals surface area (Å²) in [6.07, 6.45) is 0. The minimum Gasteiger partial charge on any atom is -0.477 e. The van der Waals surface area contributed by atoms with Crippen LogP contribution in [0.25, 0.3) is 0 Å². The molecule has 5 nitrogen and oxygen atoms in total. The van der Waals surface area contributed by atoms with Crippen LogP contribution in [0, 0.1) is 0 Å². The third-order valence-corrected chi connectivity index (χ3v) is 1.19. The van der Waals surface area contributed by atoms with E-state index in [1.807, 2.05) is 0 Å². The summed E-state index contributed by atoms with van der Waals surface area (Å²) >= 11 is 0. The molecule has 6 heteroatoms. The minimum absolute atomic E-state index is 0. The van der Waals surface area contributed by atoms with Gasteiger partial charge in [0.2, 0.25) is 0 Å². The Balaban J connectivity index is 0.00000144. The molecular formula is C7H5CoNO4. The molecule has 0 aliphatic carbocycles. The Morgan fingerprint density at radius 3 is 1.77 bits per heavy atom. The molecule has 0 aromatic carbocycles. The Morgan fingerprint density at radius 2 is 1.46 bits per heavy atom. The zero-order valence-electron chi connectivity index (χ0n) is 6.22. The van der Waals surface area contributed by atoms with Gasteiger partial charge >= 0.3 is 11.9 Å². The normalized spacial score (nSPS) is 8.62. The van der Waals surface area contributed by atoms with E-state index in [9.17, 15) is 9.59 Å². The molecule has 0 aliphatic rings. The number of carbonyl (C=O) groups is 2. The van der Waals surface area contributed by atoms with E-state index < -0.39 is 11.9 Å². The first-order chi connectivity index (χ1) is 5.61. The number of hydrogen-bond donors (Lipinski definition) is 2. The summed E-state index contributed by atoms with van der Waals surface area (Å²) in [4.78, 5) is 24.0. The molecule has 0 bridgehead atoms. The summed E-state index contributed by atoms with van der Waals surface area (Å²) in [7, 11) is 0. The molecule has 71 valence electrons. The van der Waals surface area contributed by atoms with Crippen molar-refractivity contribution in [3.05, 3.63) is 29.6 Å². The van der Waals surface area contributed by atoms with Crippen molar-refractivity contribution in [3.63, 3.8) is 0 Å². The fourth-order valence-corrected chi connectivity index (χ4v) is 0.673. The maximum absolute atomic E-state index is 10.3. The summed E-state index contributed by atoms with van der Waals surface area (Å²) in [5.41, 5.74) is -0.537. The predicted octanol–water partition coefficient (Wildman–Crippen LogP) is 0.475. The van der Waals surface area contributed by atoms with Crippen molar-refractivity contribution in [2.75, 3.05) is 0 Å². The van der Waals surface area contributed by atoms with Crippen molar-refractivity contribution in [1.82, 2.24) is 4.98 Å². The SMILES string of the molecule is O=C(O)c1cccc(C(=O)O)n1.[Co]. The van der Waals surface area contributed by atoms with Crippen LogP contribution in [0.4, 0.5) is 0 Å². The quantitative estimate of drug-likeness (QED) is 0.765. The minimum atomic E-state index is -1.24. The zero-order chi connectivity index (χ0) is 9.14. The van der Waals surface area contributed by atoms with Crippen molar-refractivity contribution in [1.29, 1.82) is 0 Å². The van der Waals surface area contributed by atoms with Gasteiger partial charge in [-0.3, -0.25) is 0 Å². The first kappa shape index (κ1) is 11.6. The number of carboxylic acid groups (broad SMARTS) is 2. The molecule has 0 atom stereocenters. The van der Waals surface area contributed by atoms with Gasteiger partial charge in [-0.25, -0.2) is 14.6 Å². The van der Waals surface area contributed by atoms with E-state index >= 15 is 0 Å². The zero-order valence-corrected chi connectivity index (χ0v) is 7.26. The molecule has 0 fully saturated rings. The number of aromatic carboxylic acids is 2. The first-order valence-corrected chi connectivity index (χ1v) is 3.05. The van der Waals surface area contributed by atoms with Crippen molar-refractivity contribution in [2.45, 2.75) is 0 Å². The fraction of sp³-hybridized carbons (Fsp3) is 0. The van der Waals surface area contributed by atoms with E-state index in [1.54, 1.807) is 0 Å². The summed E-state index contributed by atoms with van der Waals surface area (Å²) in [6.45, 7) is 0. The standard InChI is InChI=1S/C7H5NO4.Co/c9-6(10)4-2-1-3-5(8-4)7(11)12;/h1-3H,(H,9,10)(H,11,12);. The van der Waals surface area contributed by atoms with Crippen LogP contribution in [-0.4, -0.2) is 27.1 Å². The number of aromatic nitrogens is 1. The van der Waals surface area contributed by atoms with Crippen LogP contribution in [0.15, 0.2) is 18.2 Å². The Bertz CT molecular complexity index is 310. The molecule has 2 N–H and O–H groups in total. The number of carboxylic acids is 2. The average molecular weight is 226 g/mol. The van der Waals surface area contributed by atoms with Crippen LogP contribution >= 0.6 is 0 Å². The van der Waals surface area contributed by atoms with E-state index in [1.165, 1.54) is 18.2 Å². The second-order valence-electron chi connectivity index (χ2n) is 2.02. The van der Waals surface area contributed by atoms with Gasteiger partial charge in [-0.05, 0) is 12.1 Å². The van der Waals surface area contributed by atoms with E-state index in [-0.39, 0.29) is 28.2 Å². The van der Waals surface area contributed by atoms with Crippen molar-refractivity contribution >= 4 is 11.9 Å². The second kappa shape index (κ2) is 4.58. The van der Waals surface area contributed by atoms with Crippen molar-refractivity contribution < 1.29 is 36.6 Å². The van der Waals surface area contributed by atoms with E-state index in [0.29, 0.717) is 0 Å². The average Bonchev–Trinajstić information content (AvgIpc) is 2.04. The third-order valence-electron chi connectivity index (χ3n) is 1.19. The number of rotatable bonds is 2. The first-order valence-electron chi connectivity index (χ1n) is 3.05. The van der Waals surface area contributed by atoms with Gasteiger partial charge in [0.15, 0.2) is 0 Å². The molecule has 13 heavy (non-hydrogen) atoms. The molecule has 0 saturated heterocycles. The van der Waals surface area contributed by atoms with Gasteiger partial charge in [-0.15, -0.1) is 0 Å². The molecule has 1 heterocycles. The van der Waals surface area contributed by atoms with Crippen molar-refractivity contribution in [2.24, 2.45) is 0 Å². The predicted molar refractivity (Wildman–Crippen MR) is 38.2 cm³/mol. The van der Waals surface area contributed by atoms with Crippen LogP contribution in [0.5, 0.6) is 0 Å². The molecule has 0 saturated carbocycles. The molecule has 0 spiro atoms. The van der Waals surface area contributed by atoms with Crippen LogP contribution in [0.2, 0.25) is 0 Å². The monoisotopic (exact) mass is 226 g/mol. The largest absolute Gasteiger partial charge is 0.477 e. The van der Waals surface area contributed by atoms with E-state index in [2.05, 4.69) is 4.98 Å². The third kappa shape index (κ3) is 2.84. The van der Waals surface area contributed by atoms with Gasteiger partial charge in [0.1, 0.15) is 11.4 Å². The Morgan fingerprint density at radius 1 is 1.08 bits per heavy atom. The van der Waals surface area contributed by atoms with Crippen molar-refractivity contribution in [3.8, 4) is 0 Å². The molecule has 1 rings (SSSR count). The van der Waals surface area contributed by atoms with Gasteiger partial charge in [-0.2, -0.15) is 0 Å².